The van der Waals surface area contributed by atoms with Crippen molar-refractivity contribution in [3.8, 4) is 0 Å². The number of aliphatic hydroxyl groups is 4. The van der Waals surface area contributed by atoms with E-state index in [2.05, 4.69) is 13.8 Å². The molecule has 0 aliphatic carbocycles. The van der Waals surface area contributed by atoms with E-state index in [1.165, 1.54) is 161 Å². The Morgan fingerprint density at radius 1 is 0.377 bits per heavy atom. The normalized spacial score (nSPS) is 27.6. The third kappa shape index (κ3) is 24.8. The molecule has 0 radical (unpaired) electrons. The van der Waals surface area contributed by atoms with Gasteiger partial charge in [0.05, 0.1) is 36.6 Å². The van der Waals surface area contributed by atoms with Gasteiger partial charge < -0.3 is 39.4 Å². The maximum atomic E-state index is 10.1. The van der Waals surface area contributed by atoms with E-state index in [0.29, 0.717) is 12.8 Å². The van der Waals surface area contributed by atoms with Gasteiger partial charge in [-0.2, -0.15) is 0 Å². The van der Waals surface area contributed by atoms with Crippen LogP contribution in [0, 0.1) is 0 Å². The minimum Gasteiger partial charge on any atom is -0.390 e. The fourth-order valence-electron chi connectivity index (χ4n) is 8.01. The van der Waals surface area contributed by atoms with E-state index in [-0.39, 0.29) is 24.4 Å². The molecular weight excluding hydrogens is 668 g/mol. The first-order valence-corrected chi connectivity index (χ1v) is 23.0. The first-order valence-electron chi connectivity index (χ1n) is 23.0. The zero-order chi connectivity index (χ0) is 38.5. The van der Waals surface area contributed by atoms with Crippen molar-refractivity contribution in [3.63, 3.8) is 0 Å². The first kappa shape index (κ1) is 48.8. The quantitative estimate of drug-likeness (QED) is 0.0479. The second kappa shape index (κ2) is 31.7. The molecule has 0 saturated carbocycles. The van der Waals surface area contributed by atoms with Crippen LogP contribution in [0.25, 0.3) is 0 Å². The lowest BCUT2D eigenvalue weighted by molar-refractivity contribution is -0.273. The Hall–Kier alpha value is -0.320. The molecule has 2 rings (SSSR count). The Balaban J connectivity index is 1.19. The number of ether oxygens (including phenoxy) is 4. The molecule has 0 bridgehead atoms. The van der Waals surface area contributed by atoms with Crippen LogP contribution in [0.2, 0.25) is 0 Å². The summed E-state index contributed by atoms with van der Waals surface area (Å²) in [7, 11) is 0. The molecule has 0 aromatic heterocycles. The molecule has 316 valence electrons. The van der Waals surface area contributed by atoms with Crippen molar-refractivity contribution in [2.24, 2.45) is 0 Å². The molecule has 0 aromatic carbocycles. The molecule has 2 aliphatic heterocycles. The zero-order valence-electron chi connectivity index (χ0n) is 35.1. The largest absolute Gasteiger partial charge is 0.390 e. The summed E-state index contributed by atoms with van der Waals surface area (Å²) in [6.45, 7) is 7.77. The van der Waals surface area contributed by atoms with Gasteiger partial charge in [0.1, 0.15) is 12.2 Å². The summed E-state index contributed by atoms with van der Waals surface area (Å²) in [4.78, 5) is 0. The molecule has 2 unspecified atom stereocenters. The Kier molecular flexibility index (Phi) is 29.2. The van der Waals surface area contributed by atoms with Gasteiger partial charge in [0.25, 0.3) is 0 Å². The molecule has 53 heavy (non-hydrogen) atoms. The summed E-state index contributed by atoms with van der Waals surface area (Å²) < 4.78 is 23.1. The highest BCUT2D eigenvalue weighted by Crippen LogP contribution is 2.25. The average Bonchev–Trinajstić information content (AvgIpc) is 3.12. The van der Waals surface area contributed by atoms with Crippen LogP contribution in [0.5, 0.6) is 0 Å². The standard InChI is InChI=1S/C45H88O8/c1-36(50-44-42(48)34-40(46)38(3)52-44)32-30-28-26-24-22-20-18-16-14-12-10-8-6-5-7-9-11-13-15-17-19-21-23-25-27-29-31-33-37(2)51-45-43(49)35-41(47)39(4)53-45/h36-49H,5-35H2,1-4H3/t36?,37?,38-,39+,40+,41-,42+,43-,44+,45-. The highest BCUT2D eigenvalue weighted by atomic mass is 16.7. The summed E-state index contributed by atoms with van der Waals surface area (Å²) in [5.41, 5.74) is 0. The molecule has 8 heteroatoms. The van der Waals surface area contributed by atoms with E-state index in [1.54, 1.807) is 0 Å². The van der Waals surface area contributed by atoms with Gasteiger partial charge in [0.2, 0.25) is 0 Å². The van der Waals surface area contributed by atoms with Crippen LogP contribution < -0.4 is 0 Å². The van der Waals surface area contributed by atoms with E-state index in [0.717, 1.165) is 25.7 Å². The first-order chi connectivity index (χ1) is 25.7. The maximum Gasteiger partial charge on any atom is 0.184 e. The van der Waals surface area contributed by atoms with Gasteiger partial charge in [0.15, 0.2) is 12.6 Å². The summed E-state index contributed by atoms with van der Waals surface area (Å²) in [5, 5.41) is 39.8. The zero-order valence-corrected chi connectivity index (χ0v) is 35.1. The second-order valence-corrected chi connectivity index (χ2v) is 17.2. The third-order valence-corrected chi connectivity index (χ3v) is 11.8. The van der Waals surface area contributed by atoms with Gasteiger partial charge in [-0.1, -0.05) is 173 Å². The van der Waals surface area contributed by atoms with Gasteiger partial charge >= 0.3 is 0 Å². The minimum absolute atomic E-state index is 0.0680. The van der Waals surface area contributed by atoms with Crippen molar-refractivity contribution in [1.29, 1.82) is 0 Å². The number of hydrogen-bond donors (Lipinski definition) is 4. The summed E-state index contributed by atoms with van der Waals surface area (Å²) >= 11 is 0. The molecular formula is C45H88O8. The lowest BCUT2D eigenvalue weighted by atomic mass is 10.0. The van der Waals surface area contributed by atoms with Crippen LogP contribution in [-0.2, 0) is 18.9 Å². The summed E-state index contributed by atoms with van der Waals surface area (Å²) in [6, 6.07) is 0. The van der Waals surface area contributed by atoms with Crippen molar-refractivity contribution >= 4 is 0 Å². The lowest BCUT2D eigenvalue weighted by Gasteiger charge is -2.36. The molecule has 10 atom stereocenters. The van der Waals surface area contributed by atoms with Crippen molar-refractivity contribution < 1.29 is 39.4 Å². The van der Waals surface area contributed by atoms with E-state index >= 15 is 0 Å². The molecule has 0 amide bonds. The molecule has 2 fully saturated rings. The molecule has 8 nitrogen and oxygen atoms in total. The Morgan fingerprint density at radius 2 is 0.585 bits per heavy atom. The van der Waals surface area contributed by atoms with Gasteiger partial charge in [-0.25, -0.2) is 0 Å². The minimum atomic E-state index is -0.744. The van der Waals surface area contributed by atoms with E-state index in [9.17, 15) is 20.4 Å². The highest BCUT2D eigenvalue weighted by Gasteiger charge is 2.36. The van der Waals surface area contributed by atoms with Crippen LogP contribution >= 0.6 is 0 Å². The maximum absolute atomic E-state index is 10.1. The Labute approximate surface area is 326 Å². The number of unbranched alkanes of at least 4 members (excludes halogenated alkanes) is 26. The number of rotatable bonds is 34. The van der Waals surface area contributed by atoms with Crippen LogP contribution in [-0.4, -0.2) is 81.8 Å². The van der Waals surface area contributed by atoms with E-state index in [1.807, 2.05) is 13.8 Å². The monoisotopic (exact) mass is 757 g/mol. The lowest BCUT2D eigenvalue weighted by Crippen LogP contribution is -2.48. The van der Waals surface area contributed by atoms with Crippen molar-refractivity contribution in [2.75, 3.05) is 0 Å². The predicted molar refractivity (Wildman–Crippen MR) is 217 cm³/mol. The SMILES string of the molecule is CC(CCCCCCCCCCCCCCCCCCCCCCCCCCCCCC(C)O[C@H]1O[C@H](C)[C@@H](O)C[C@@H]1O)O[C@@H]1O[C@@H](C)[C@H](O)C[C@H]1O. The van der Waals surface area contributed by atoms with E-state index in [4.69, 9.17) is 18.9 Å². The topological polar surface area (TPSA) is 118 Å². The van der Waals surface area contributed by atoms with Gasteiger partial charge in [-0.15, -0.1) is 0 Å². The number of aliphatic hydroxyl groups excluding tert-OH is 4. The predicted octanol–water partition coefficient (Wildman–Crippen LogP) is 10.8. The van der Waals surface area contributed by atoms with Gasteiger partial charge in [-0.05, 0) is 40.5 Å². The van der Waals surface area contributed by atoms with Crippen molar-refractivity contribution in [1.82, 2.24) is 0 Å². The Morgan fingerprint density at radius 3 is 0.811 bits per heavy atom. The average molecular weight is 757 g/mol. The highest BCUT2D eigenvalue weighted by molar-refractivity contribution is 4.80. The molecule has 4 N–H and O–H groups in total. The van der Waals surface area contributed by atoms with Crippen LogP contribution in [0.1, 0.15) is 227 Å². The fraction of sp³-hybridized carbons (Fsp3) is 1.00. The number of hydrogen-bond acceptors (Lipinski definition) is 8. The molecule has 0 spiro atoms. The fourth-order valence-corrected chi connectivity index (χ4v) is 8.01. The summed E-state index contributed by atoms with van der Waals surface area (Å²) in [6.07, 6.45) is 35.2. The van der Waals surface area contributed by atoms with Gasteiger partial charge in [0, 0.05) is 12.8 Å². The van der Waals surface area contributed by atoms with Crippen LogP contribution in [0.4, 0.5) is 0 Å². The molecule has 2 aliphatic rings. The Bertz CT molecular complexity index is 751. The molecule has 0 aromatic rings. The third-order valence-electron chi connectivity index (χ3n) is 11.8. The molecule has 2 saturated heterocycles. The van der Waals surface area contributed by atoms with Crippen LogP contribution in [0.15, 0.2) is 0 Å². The van der Waals surface area contributed by atoms with Crippen molar-refractivity contribution in [2.45, 2.75) is 288 Å². The second-order valence-electron chi connectivity index (χ2n) is 17.2. The van der Waals surface area contributed by atoms with E-state index < -0.39 is 37.0 Å². The van der Waals surface area contributed by atoms with Crippen molar-refractivity contribution in [3.05, 3.63) is 0 Å². The van der Waals surface area contributed by atoms with Crippen LogP contribution in [0.3, 0.4) is 0 Å². The summed E-state index contributed by atoms with van der Waals surface area (Å²) in [5.74, 6) is 0. The smallest absolute Gasteiger partial charge is 0.184 e. The van der Waals surface area contributed by atoms with Gasteiger partial charge in [-0.3, -0.25) is 0 Å². The molecule has 2 heterocycles.